The van der Waals surface area contributed by atoms with Crippen LogP contribution in [0.1, 0.15) is 39.5 Å². The number of carbonyl (C=O) groups is 2. The number of amides is 2. The zero-order valence-electron chi connectivity index (χ0n) is 11.1. The molecule has 0 aromatic rings. The first-order valence-electron chi connectivity index (χ1n) is 6.80. The van der Waals surface area contributed by atoms with Gasteiger partial charge in [-0.1, -0.05) is 13.8 Å². The van der Waals surface area contributed by atoms with Gasteiger partial charge in [-0.2, -0.15) is 0 Å². The van der Waals surface area contributed by atoms with Crippen LogP contribution >= 0.6 is 0 Å². The van der Waals surface area contributed by atoms with Gasteiger partial charge in [0.2, 0.25) is 0 Å². The molecule has 0 radical (unpaired) electrons. The van der Waals surface area contributed by atoms with Crippen molar-refractivity contribution in [2.75, 3.05) is 13.1 Å². The summed E-state index contributed by atoms with van der Waals surface area (Å²) in [5.41, 5.74) is 0. The van der Waals surface area contributed by atoms with Crippen LogP contribution in [0.2, 0.25) is 0 Å². The minimum absolute atomic E-state index is 0.0731. The lowest BCUT2D eigenvalue weighted by Crippen LogP contribution is -2.49. The number of hydrogen-bond acceptors (Lipinski definition) is 2. The molecule has 5 heteroatoms. The van der Waals surface area contributed by atoms with Crippen LogP contribution in [-0.4, -0.2) is 52.1 Å². The molecule has 0 bridgehead atoms. The third-order valence-electron chi connectivity index (χ3n) is 3.58. The van der Waals surface area contributed by atoms with Gasteiger partial charge in [-0.15, -0.1) is 0 Å². The van der Waals surface area contributed by atoms with E-state index in [1.54, 1.807) is 4.90 Å². The first-order valence-corrected chi connectivity index (χ1v) is 6.80. The third-order valence-corrected chi connectivity index (χ3v) is 3.58. The molecule has 0 spiro atoms. The standard InChI is InChI=1S/C13H22N2O3/c1-9(2)8-15(10-5-6-10)13(18)14-7-3-4-11(14)12(16)17/h9-11H,3-8H2,1-2H3,(H,16,17)/t11-/m0/s1. The van der Waals surface area contributed by atoms with Crippen molar-refractivity contribution in [1.29, 1.82) is 0 Å². The minimum Gasteiger partial charge on any atom is -0.480 e. The van der Waals surface area contributed by atoms with Gasteiger partial charge in [0, 0.05) is 19.1 Å². The van der Waals surface area contributed by atoms with Gasteiger partial charge in [0.05, 0.1) is 0 Å². The average Bonchev–Trinajstić information content (AvgIpc) is 3.00. The van der Waals surface area contributed by atoms with Crippen LogP contribution in [0.4, 0.5) is 4.79 Å². The van der Waals surface area contributed by atoms with Crippen molar-refractivity contribution in [1.82, 2.24) is 9.80 Å². The van der Waals surface area contributed by atoms with E-state index in [9.17, 15) is 9.59 Å². The summed E-state index contributed by atoms with van der Waals surface area (Å²) in [5, 5.41) is 9.14. The lowest BCUT2D eigenvalue weighted by Gasteiger charge is -2.31. The van der Waals surface area contributed by atoms with E-state index in [1.165, 1.54) is 0 Å². The fraction of sp³-hybridized carbons (Fsp3) is 0.846. The molecule has 5 nitrogen and oxygen atoms in total. The second-order valence-corrected chi connectivity index (χ2v) is 5.75. The second kappa shape index (κ2) is 5.16. The van der Waals surface area contributed by atoms with E-state index in [0.29, 0.717) is 24.9 Å². The molecule has 1 aliphatic carbocycles. The molecule has 0 unspecified atom stereocenters. The summed E-state index contributed by atoms with van der Waals surface area (Å²) >= 11 is 0. The number of carbonyl (C=O) groups excluding carboxylic acids is 1. The first-order chi connectivity index (χ1) is 8.50. The Morgan fingerprint density at radius 3 is 2.50 bits per heavy atom. The van der Waals surface area contributed by atoms with Crippen LogP contribution in [-0.2, 0) is 4.79 Å². The fourth-order valence-electron chi connectivity index (χ4n) is 2.58. The Labute approximate surface area is 108 Å². The highest BCUT2D eigenvalue weighted by Crippen LogP contribution is 2.30. The van der Waals surface area contributed by atoms with E-state index in [4.69, 9.17) is 5.11 Å². The Morgan fingerprint density at radius 2 is 2.00 bits per heavy atom. The second-order valence-electron chi connectivity index (χ2n) is 5.75. The number of aliphatic carboxylic acids is 1. The molecule has 2 amide bonds. The summed E-state index contributed by atoms with van der Waals surface area (Å²) in [6.07, 6.45) is 3.50. The number of rotatable bonds is 4. The number of urea groups is 1. The van der Waals surface area contributed by atoms with Crippen LogP contribution < -0.4 is 0 Å². The Morgan fingerprint density at radius 1 is 1.33 bits per heavy atom. The molecule has 1 saturated carbocycles. The number of nitrogens with zero attached hydrogens (tertiary/aromatic N) is 2. The van der Waals surface area contributed by atoms with Gasteiger partial charge in [-0.3, -0.25) is 0 Å². The third kappa shape index (κ3) is 2.76. The Hall–Kier alpha value is -1.26. The van der Waals surface area contributed by atoms with Gasteiger partial charge in [-0.05, 0) is 31.6 Å². The van der Waals surface area contributed by atoms with Crippen LogP contribution in [0.15, 0.2) is 0 Å². The van der Waals surface area contributed by atoms with Crippen molar-refractivity contribution in [3.63, 3.8) is 0 Å². The maximum absolute atomic E-state index is 12.5. The van der Waals surface area contributed by atoms with Gasteiger partial charge in [-0.25, -0.2) is 9.59 Å². The van der Waals surface area contributed by atoms with Gasteiger partial charge >= 0.3 is 12.0 Å². The highest BCUT2D eigenvalue weighted by atomic mass is 16.4. The lowest BCUT2D eigenvalue weighted by atomic mass is 10.2. The smallest absolute Gasteiger partial charge is 0.326 e. The summed E-state index contributed by atoms with van der Waals surface area (Å²) in [6, 6.07) is -0.350. The molecular weight excluding hydrogens is 232 g/mol. The van der Waals surface area contributed by atoms with Crippen molar-refractivity contribution in [2.45, 2.75) is 51.6 Å². The monoisotopic (exact) mass is 254 g/mol. The molecular formula is C13H22N2O3. The number of hydrogen-bond donors (Lipinski definition) is 1. The average molecular weight is 254 g/mol. The van der Waals surface area contributed by atoms with Crippen LogP contribution in [0.25, 0.3) is 0 Å². The summed E-state index contributed by atoms with van der Waals surface area (Å²) < 4.78 is 0. The van der Waals surface area contributed by atoms with Gasteiger partial charge in [0.1, 0.15) is 6.04 Å². The summed E-state index contributed by atoms with van der Waals surface area (Å²) in [7, 11) is 0. The SMILES string of the molecule is CC(C)CN(C(=O)N1CCC[C@H]1C(=O)O)C1CC1. The van der Waals surface area contributed by atoms with E-state index >= 15 is 0 Å². The quantitative estimate of drug-likeness (QED) is 0.831. The Bertz CT molecular complexity index is 339. The van der Waals surface area contributed by atoms with Crippen molar-refractivity contribution >= 4 is 12.0 Å². The predicted octanol–water partition coefficient (Wildman–Crippen LogP) is 1.78. The molecule has 0 aromatic heterocycles. The van der Waals surface area contributed by atoms with Gasteiger partial charge < -0.3 is 14.9 Å². The van der Waals surface area contributed by atoms with Crippen LogP contribution in [0.5, 0.6) is 0 Å². The van der Waals surface area contributed by atoms with E-state index in [-0.39, 0.29) is 6.03 Å². The summed E-state index contributed by atoms with van der Waals surface area (Å²) in [4.78, 5) is 27.0. The predicted molar refractivity (Wildman–Crippen MR) is 67.3 cm³/mol. The number of carboxylic acid groups (broad SMARTS) is 1. The summed E-state index contributed by atoms with van der Waals surface area (Å²) in [6.45, 7) is 5.48. The maximum atomic E-state index is 12.5. The lowest BCUT2D eigenvalue weighted by molar-refractivity contribution is -0.141. The van der Waals surface area contributed by atoms with Crippen molar-refractivity contribution in [3.8, 4) is 0 Å². The fourth-order valence-corrected chi connectivity index (χ4v) is 2.58. The molecule has 18 heavy (non-hydrogen) atoms. The molecule has 1 heterocycles. The van der Waals surface area contributed by atoms with E-state index in [2.05, 4.69) is 13.8 Å². The molecule has 102 valence electrons. The highest BCUT2D eigenvalue weighted by molar-refractivity contribution is 5.83. The molecule has 1 saturated heterocycles. The molecule has 1 N–H and O–H groups in total. The minimum atomic E-state index is -0.874. The van der Waals surface area contributed by atoms with E-state index in [1.807, 2.05) is 4.90 Å². The topological polar surface area (TPSA) is 60.9 Å². The molecule has 1 atom stereocenters. The molecule has 1 aliphatic heterocycles. The summed E-state index contributed by atoms with van der Waals surface area (Å²) in [5.74, 6) is -0.457. The molecule has 2 aliphatic rings. The van der Waals surface area contributed by atoms with Crippen LogP contribution in [0.3, 0.4) is 0 Å². The highest BCUT2D eigenvalue weighted by Gasteiger charge is 2.40. The maximum Gasteiger partial charge on any atom is 0.326 e. The van der Waals surface area contributed by atoms with E-state index in [0.717, 1.165) is 25.8 Å². The Kier molecular flexibility index (Phi) is 3.78. The zero-order valence-corrected chi connectivity index (χ0v) is 11.1. The zero-order chi connectivity index (χ0) is 13.3. The molecule has 2 rings (SSSR count). The molecule has 2 fully saturated rings. The molecule has 0 aromatic carbocycles. The van der Waals surface area contributed by atoms with Crippen molar-refractivity contribution < 1.29 is 14.7 Å². The van der Waals surface area contributed by atoms with E-state index < -0.39 is 12.0 Å². The number of likely N-dealkylation sites (tertiary alicyclic amines) is 1. The largest absolute Gasteiger partial charge is 0.480 e. The first kappa shape index (κ1) is 13.2. The van der Waals surface area contributed by atoms with Crippen molar-refractivity contribution in [3.05, 3.63) is 0 Å². The van der Waals surface area contributed by atoms with Crippen LogP contribution in [0, 0.1) is 5.92 Å². The van der Waals surface area contributed by atoms with Gasteiger partial charge in [0.25, 0.3) is 0 Å². The Balaban J connectivity index is 2.05. The van der Waals surface area contributed by atoms with Crippen molar-refractivity contribution in [2.24, 2.45) is 5.92 Å². The number of carboxylic acids is 1. The van der Waals surface area contributed by atoms with Gasteiger partial charge in [0.15, 0.2) is 0 Å². The normalized spacial score (nSPS) is 23.5.